The molecule has 1 unspecified atom stereocenters. The van der Waals surface area contributed by atoms with Crippen molar-refractivity contribution in [2.24, 2.45) is 0 Å². The number of halogens is 1. The Morgan fingerprint density at radius 2 is 1.07 bits per heavy atom. The molecule has 8 aromatic carbocycles. The summed E-state index contributed by atoms with van der Waals surface area (Å²) >= 11 is 8.54. The summed E-state index contributed by atoms with van der Waals surface area (Å²) in [4.78, 5) is 2.59. The van der Waals surface area contributed by atoms with Gasteiger partial charge < -0.3 is 4.90 Å². The zero-order chi connectivity index (χ0) is 35.8. The van der Waals surface area contributed by atoms with Crippen molar-refractivity contribution >= 4 is 60.2 Å². The lowest BCUT2D eigenvalue weighted by atomic mass is 9.67. The second-order valence-electron chi connectivity index (χ2n) is 15.0. The molecular weight excluding hydrogens is 694 g/mol. The molecular formula is C51H32ClNS. The van der Waals surface area contributed by atoms with Crippen molar-refractivity contribution in [1.82, 2.24) is 0 Å². The highest BCUT2D eigenvalue weighted by molar-refractivity contribution is 7.25. The smallest absolute Gasteiger partial charge is 0.0714 e. The Morgan fingerprint density at radius 1 is 0.463 bits per heavy atom. The molecule has 0 amide bonds. The molecule has 1 aliphatic heterocycles. The second kappa shape index (κ2) is 10.8. The van der Waals surface area contributed by atoms with Gasteiger partial charge in [0.25, 0.3) is 0 Å². The molecule has 254 valence electrons. The van der Waals surface area contributed by atoms with E-state index in [0.29, 0.717) is 0 Å². The van der Waals surface area contributed by atoms with Crippen LogP contribution in [0.25, 0.3) is 42.4 Å². The van der Waals surface area contributed by atoms with E-state index < -0.39 is 5.41 Å². The number of hydrogen-bond acceptors (Lipinski definition) is 2. The lowest BCUT2D eigenvalue weighted by molar-refractivity contribution is 0.703. The molecule has 0 fully saturated rings. The summed E-state index contributed by atoms with van der Waals surface area (Å²) in [5, 5.41) is 3.21. The molecule has 0 N–H and O–H groups in total. The summed E-state index contributed by atoms with van der Waals surface area (Å²) < 4.78 is 2.54. The van der Waals surface area contributed by atoms with Crippen LogP contribution in [0.1, 0.15) is 45.9 Å². The van der Waals surface area contributed by atoms with Gasteiger partial charge in [-0.1, -0.05) is 145 Å². The van der Waals surface area contributed by atoms with E-state index in [1.807, 2.05) is 17.4 Å². The Labute approximate surface area is 323 Å². The predicted octanol–water partition coefficient (Wildman–Crippen LogP) is 14.2. The maximum Gasteiger partial charge on any atom is 0.0714 e. The second-order valence-corrected chi connectivity index (χ2v) is 16.6. The van der Waals surface area contributed by atoms with Gasteiger partial charge in [-0.2, -0.15) is 0 Å². The molecule has 2 aliphatic carbocycles. The van der Waals surface area contributed by atoms with Crippen molar-refractivity contribution in [3.63, 3.8) is 0 Å². The molecule has 3 aliphatic rings. The van der Waals surface area contributed by atoms with Gasteiger partial charge in [0.05, 0.1) is 22.5 Å². The van der Waals surface area contributed by atoms with Crippen molar-refractivity contribution in [1.29, 1.82) is 0 Å². The minimum atomic E-state index is -0.489. The van der Waals surface area contributed by atoms with Crippen LogP contribution in [0, 0.1) is 0 Å². The molecule has 1 aromatic heterocycles. The molecule has 1 atom stereocenters. The summed E-state index contributed by atoms with van der Waals surface area (Å²) in [6.45, 7) is 2.45. The normalized spacial score (nSPS) is 16.9. The van der Waals surface area contributed by atoms with Crippen LogP contribution in [0.3, 0.4) is 0 Å². The fourth-order valence-electron chi connectivity index (χ4n) is 10.5. The van der Waals surface area contributed by atoms with E-state index >= 15 is 0 Å². The number of thiophene rings is 1. The van der Waals surface area contributed by atoms with E-state index in [1.54, 1.807) is 0 Å². The van der Waals surface area contributed by atoms with Crippen LogP contribution in [-0.2, 0) is 10.8 Å². The van der Waals surface area contributed by atoms with Crippen LogP contribution in [0.15, 0.2) is 176 Å². The summed E-state index contributed by atoms with van der Waals surface area (Å²) in [6, 6.07) is 65.5. The minimum Gasteiger partial charge on any atom is -0.309 e. The van der Waals surface area contributed by atoms with Crippen LogP contribution in [0.5, 0.6) is 0 Å². The fraction of sp³-hybridized carbons (Fsp3) is 0.0588. The molecule has 0 spiro atoms. The van der Waals surface area contributed by atoms with Gasteiger partial charge in [-0.3, -0.25) is 0 Å². The number of hydrogen-bond donors (Lipinski definition) is 0. The molecule has 0 bridgehead atoms. The third kappa shape index (κ3) is 3.70. The summed E-state index contributed by atoms with van der Waals surface area (Å²) in [6.07, 6.45) is 0. The van der Waals surface area contributed by atoms with E-state index in [1.165, 1.54) is 98.4 Å². The maximum absolute atomic E-state index is 6.68. The SMILES string of the molecule is CC12c3ccccc3-c3cccc(c31)N(c1cccc3c1-c1ccccc1C3(c1ccccc1)c1ccccc1)c1cc3c(cc12)sc1ccc(Cl)cc13. The van der Waals surface area contributed by atoms with E-state index in [2.05, 4.69) is 182 Å². The van der Waals surface area contributed by atoms with Gasteiger partial charge in [0.1, 0.15) is 0 Å². The topological polar surface area (TPSA) is 3.24 Å². The van der Waals surface area contributed by atoms with Gasteiger partial charge in [0, 0.05) is 36.2 Å². The number of nitrogens with zero attached hydrogens (tertiary/aromatic N) is 1. The van der Waals surface area contributed by atoms with E-state index in [-0.39, 0.29) is 5.41 Å². The molecule has 3 heteroatoms. The van der Waals surface area contributed by atoms with Crippen molar-refractivity contribution in [3.8, 4) is 22.3 Å². The highest BCUT2D eigenvalue weighted by Gasteiger charge is 2.51. The Bertz CT molecular complexity index is 2990. The molecule has 2 heterocycles. The van der Waals surface area contributed by atoms with Gasteiger partial charge in [0.15, 0.2) is 0 Å². The third-order valence-corrected chi connectivity index (χ3v) is 13.9. The Kier molecular flexibility index (Phi) is 6.12. The molecule has 0 radical (unpaired) electrons. The monoisotopic (exact) mass is 725 g/mol. The molecule has 0 saturated heterocycles. The number of anilines is 3. The summed E-state index contributed by atoms with van der Waals surface area (Å²) in [5.74, 6) is 0. The van der Waals surface area contributed by atoms with Crippen molar-refractivity contribution < 1.29 is 0 Å². The molecule has 12 rings (SSSR count). The predicted molar refractivity (Wildman–Crippen MR) is 227 cm³/mol. The van der Waals surface area contributed by atoms with Crippen molar-refractivity contribution in [2.75, 3.05) is 4.90 Å². The van der Waals surface area contributed by atoms with Crippen LogP contribution in [0.4, 0.5) is 17.1 Å². The Balaban J connectivity index is 1.23. The van der Waals surface area contributed by atoms with Crippen LogP contribution < -0.4 is 4.90 Å². The van der Waals surface area contributed by atoms with Gasteiger partial charge in [-0.15, -0.1) is 11.3 Å². The lowest BCUT2D eigenvalue weighted by Gasteiger charge is -2.43. The standard InChI is InChI=1S/C51H32ClNS/c1-50-39-21-10-8-18-34(39)35-20-12-25-44(49(35)50)53(45-29-38-37-28-33(52)26-27-46(37)54-47(38)30-42(45)50)43-24-13-23-41-48(43)36-19-9-11-22-40(36)51(41,31-14-4-2-5-15-31)32-16-6-3-7-17-32/h2-30H,1H3. The summed E-state index contributed by atoms with van der Waals surface area (Å²) in [7, 11) is 0. The average Bonchev–Trinajstić information content (AvgIpc) is 3.83. The number of benzene rings is 8. The minimum absolute atomic E-state index is 0.329. The lowest BCUT2D eigenvalue weighted by Crippen LogP contribution is -2.32. The van der Waals surface area contributed by atoms with Crippen molar-refractivity contribution in [2.45, 2.75) is 17.8 Å². The van der Waals surface area contributed by atoms with Gasteiger partial charge in [-0.05, 0) is 105 Å². The first-order valence-corrected chi connectivity index (χ1v) is 19.8. The Hall–Kier alpha value is -5.93. The Morgan fingerprint density at radius 3 is 1.85 bits per heavy atom. The third-order valence-electron chi connectivity index (χ3n) is 12.6. The first kappa shape index (κ1) is 30.5. The van der Waals surface area contributed by atoms with Gasteiger partial charge in [-0.25, -0.2) is 0 Å². The molecule has 9 aromatic rings. The van der Waals surface area contributed by atoms with E-state index in [4.69, 9.17) is 11.6 Å². The largest absolute Gasteiger partial charge is 0.309 e. The summed E-state index contributed by atoms with van der Waals surface area (Å²) in [5.41, 5.74) is 17.3. The number of rotatable bonds is 3. The van der Waals surface area contributed by atoms with E-state index in [0.717, 1.165) is 5.02 Å². The van der Waals surface area contributed by atoms with Crippen molar-refractivity contribution in [3.05, 3.63) is 220 Å². The molecule has 54 heavy (non-hydrogen) atoms. The quantitative estimate of drug-likeness (QED) is 0.175. The molecule has 1 nitrogen and oxygen atoms in total. The van der Waals surface area contributed by atoms with E-state index in [9.17, 15) is 0 Å². The first-order chi connectivity index (χ1) is 26.6. The highest BCUT2D eigenvalue weighted by atomic mass is 35.5. The van der Waals surface area contributed by atoms with Gasteiger partial charge >= 0.3 is 0 Å². The van der Waals surface area contributed by atoms with Crippen LogP contribution in [-0.4, -0.2) is 0 Å². The maximum atomic E-state index is 6.68. The van der Waals surface area contributed by atoms with Crippen LogP contribution >= 0.6 is 22.9 Å². The zero-order valence-electron chi connectivity index (χ0n) is 29.5. The van der Waals surface area contributed by atoms with Crippen LogP contribution in [0.2, 0.25) is 5.02 Å². The highest BCUT2D eigenvalue weighted by Crippen LogP contribution is 2.65. The van der Waals surface area contributed by atoms with Gasteiger partial charge in [0.2, 0.25) is 0 Å². The first-order valence-electron chi connectivity index (χ1n) is 18.6. The zero-order valence-corrected chi connectivity index (χ0v) is 31.0. The fourth-order valence-corrected chi connectivity index (χ4v) is 11.7. The molecule has 0 saturated carbocycles. The average molecular weight is 726 g/mol. The number of fused-ring (bicyclic) bond motifs is 11.